The molecule has 0 bridgehead atoms. The van der Waals surface area contributed by atoms with Gasteiger partial charge in [-0.05, 0) is 38.1 Å². The highest BCUT2D eigenvalue weighted by Gasteiger charge is 2.22. The highest BCUT2D eigenvalue weighted by atomic mass is 35.5. The Bertz CT molecular complexity index is 632. The molecule has 1 aliphatic rings. The van der Waals surface area contributed by atoms with Gasteiger partial charge in [0.2, 0.25) is 0 Å². The minimum absolute atomic E-state index is 0.228. The molecule has 3 heterocycles. The SMILES string of the molecule is O=C(O)c1ccn2c(C3CCNCC3)nc(Cl)c2c1. The number of nitrogens with zero attached hydrogens (tertiary/aromatic N) is 2. The Labute approximate surface area is 115 Å². The summed E-state index contributed by atoms with van der Waals surface area (Å²) in [6, 6.07) is 3.15. The van der Waals surface area contributed by atoms with Crippen LogP contribution in [-0.4, -0.2) is 33.6 Å². The van der Waals surface area contributed by atoms with Gasteiger partial charge in [-0.1, -0.05) is 11.6 Å². The average molecular weight is 280 g/mol. The van der Waals surface area contributed by atoms with E-state index in [-0.39, 0.29) is 5.56 Å². The number of rotatable bonds is 2. The summed E-state index contributed by atoms with van der Waals surface area (Å²) in [5.74, 6) is 0.346. The van der Waals surface area contributed by atoms with Gasteiger partial charge < -0.3 is 14.8 Å². The minimum Gasteiger partial charge on any atom is -0.478 e. The maximum atomic E-state index is 11.0. The number of carbonyl (C=O) groups is 1. The molecule has 2 aromatic heterocycles. The smallest absolute Gasteiger partial charge is 0.335 e. The first kappa shape index (κ1) is 12.4. The van der Waals surface area contributed by atoms with Crippen LogP contribution in [-0.2, 0) is 0 Å². The summed E-state index contributed by atoms with van der Waals surface area (Å²) < 4.78 is 1.91. The third kappa shape index (κ3) is 2.19. The fraction of sp³-hybridized carbons (Fsp3) is 0.385. The maximum absolute atomic E-state index is 11.0. The molecule has 0 amide bonds. The van der Waals surface area contributed by atoms with Crippen LogP contribution >= 0.6 is 11.6 Å². The number of aromatic carboxylic acids is 1. The number of nitrogens with one attached hydrogen (secondary N) is 1. The van der Waals surface area contributed by atoms with Gasteiger partial charge in [-0.3, -0.25) is 0 Å². The molecule has 3 rings (SSSR count). The Morgan fingerprint density at radius 3 is 2.89 bits per heavy atom. The molecule has 0 radical (unpaired) electrons. The Hall–Kier alpha value is -1.59. The van der Waals surface area contributed by atoms with Gasteiger partial charge in [-0.2, -0.15) is 0 Å². The van der Waals surface area contributed by atoms with Crippen LogP contribution in [0.25, 0.3) is 5.52 Å². The van der Waals surface area contributed by atoms with Crippen molar-refractivity contribution in [3.05, 3.63) is 34.9 Å². The summed E-state index contributed by atoms with van der Waals surface area (Å²) >= 11 is 6.13. The molecular weight excluding hydrogens is 266 g/mol. The lowest BCUT2D eigenvalue weighted by Crippen LogP contribution is -2.27. The van der Waals surface area contributed by atoms with E-state index in [1.807, 2.05) is 4.40 Å². The third-order valence-corrected chi connectivity index (χ3v) is 3.86. The van der Waals surface area contributed by atoms with E-state index in [9.17, 15) is 4.79 Å². The van der Waals surface area contributed by atoms with Crippen LogP contribution in [0.5, 0.6) is 0 Å². The zero-order valence-corrected chi connectivity index (χ0v) is 11.0. The molecule has 0 saturated carbocycles. The number of halogens is 1. The van der Waals surface area contributed by atoms with Crippen LogP contribution in [0.2, 0.25) is 5.15 Å². The zero-order valence-electron chi connectivity index (χ0n) is 10.3. The molecule has 5 nitrogen and oxygen atoms in total. The number of piperidine rings is 1. The van der Waals surface area contributed by atoms with Crippen molar-refractivity contribution in [2.24, 2.45) is 0 Å². The van der Waals surface area contributed by atoms with Crippen molar-refractivity contribution in [1.82, 2.24) is 14.7 Å². The minimum atomic E-state index is -0.955. The van der Waals surface area contributed by atoms with Gasteiger partial charge in [-0.25, -0.2) is 9.78 Å². The van der Waals surface area contributed by atoms with Gasteiger partial charge in [0, 0.05) is 12.1 Å². The van der Waals surface area contributed by atoms with Crippen molar-refractivity contribution in [2.75, 3.05) is 13.1 Å². The summed E-state index contributed by atoms with van der Waals surface area (Å²) in [4.78, 5) is 15.4. The zero-order chi connectivity index (χ0) is 13.4. The normalized spacial score (nSPS) is 16.9. The summed E-state index contributed by atoms with van der Waals surface area (Å²) in [5.41, 5.74) is 0.890. The molecule has 0 aromatic carbocycles. The lowest BCUT2D eigenvalue weighted by molar-refractivity contribution is 0.0697. The van der Waals surface area contributed by atoms with Gasteiger partial charge in [0.1, 0.15) is 5.82 Å². The van der Waals surface area contributed by atoms with Gasteiger partial charge >= 0.3 is 5.97 Å². The number of carboxylic acids is 1. The van der Waals surface area contributed by atoms with Crippen LogP contribution in [0, 0.1) is 0 Å². The Kier molecular flexibility index (Phi) is 3.16. The number of imidazole rings is 1. The largest absolute Gasteiger partial charge is 0.478 e. The summed E-state index contributed by atoms with van der Waals surface area (Å²) in [6.45, 7) is 1.95. The third-order valence-electron chi connectivity index (χ3n) is 3.58. The molecule has 2 N–H and O–H groups in total. The molecule has 100 valence electrons. The van der Waals surface area contributed by atoms with Crippen LogP contribution < -0.4 is 5.32 Å². The quantitative estimate of drug-likeness (QED) is 0.884. The number of carboxylic acid groups (broad SMARTS) is 1. The van der Waals surface area contributed by atoms with Crippen molar-refractivity contribution in [2.45, 2.75) is 18.8 Å². The Morgan fingerprint density at radius 1 is 1.47 bits per heavy atom. The Balaban J connectivity index is 2.08. The number of pyridine rings is 1. The highest BCUT2D eigenvalue weighted by Crippen LogP contribution is 2.29. The molecule has 1 aliphatic heterocycles. The van der Waals surface area contributed by atoms with Gasteiger partial charge in [-0.15, -0.1) is 0 Å². The number of aromatic nitrogens is 2. The summed E-state index contributed by atoms with van der Waals surface area (Å²) in [5, 5.41) is 12.7. The van der Waals surface area contributed by atoms with Crippen LogP contribution in [0.3, 0.4) is 0 Å². The predicted molar refractivity (Wildman–Crippen MR) is 72.0 cm³/mol. The Morgan fingerprint density at radius 2 is 2.21 bits per heavy atom. The number of hydrogen-bond donors (Lipinski definition) is 2. The fourth-order valence-electron chi connectivity index (χ4n) is 2.57. The van der Waals surface area contributed by atoms with Crippen LogP contribution in [0.15, 0.2) is 18.3 Å². The molecule has 6 heteroatoms. The van der Waals surface area contributed by atoms with Crippen molar-refractivity contribution >= 4 is 23.1 Å². The van der Waals surface area contributed by atoms with Crippen molar-refractivity contribution in [1.29, 1.82) is 0 Å². The van der Waals surface area contributed by atoms with E-state index >= 15 is 0 Å². The van der Waals surface area contributed by atoms with Crippen LogP contribution in [0.4, 0.5) is 0 Å². The lowest BCUT2D eigenvalue weighted by Gasteiger charge is -2.21. The van der Waals surface area contributed by atoms with E-state index in [0.717, 1.165) is 31.8 Å². The molecule has 2 aromatic rings. The number of hydrogen-bond acceptors (Lipinski definition) is 3. The van der Waals surface area contributed by atoms with E-state index < -0.39 is 5.97 Å². The van der Waals surface area contributed by atoms with Crippen molar-refractivity contribution in [3.63, 3.8) is 0 Å². The standard InChI is InChI=1S/C13H14ClN3O2/c14-11-10-7-9(13(18)19)3-6-17(10)12(16-11)8-1-4-15-5-2-8/h3,6-8,15H,1-2,4-5H2,(H,18,19). The van der Waals surface area contributed by atoms with E-state index in [0.29, 0.717) is 16.6 Å². The first-order valence-electron chi connectivity index (χ1n) is 6.28. The average Bonchev–Trinajstić information content (AvgIpc) is 2.77. The van der Waals surface area contributed by atoms with Gasteiger partial charge in [0.05, 0.1) is 11.1 Å². The monoisotopic (exact) mass is 279 g/mol. The second-order valence-corrected chi connectivity index (χ2v) is 5.12. The van der Waals surface area contributed by atoms with E-state index in [1.165, 1.54) is 0 Å². The first-order valence-corrected chi connectivity index (χ1v) is 6.66. The molecule has 0 atom stereocenters. The fourth-order valence-corrected chi connectivity index (χ4v) is 2.80. The lowest BCUT2D eigenvalue weighted by atomic mass is 9.97. The number of fused-ring (bicyclic) bond motifs is 1. The van der Waals surface area contributed by atoms with Crippen molar-refractivity contribution < 1.29 is 9.90 Å². The topological polar surface area (TPSA) is 66.6 Å². The predicted octanol–water partition coefficient (Wildman–Crippen LogP) is 2.15. The molecular formula is C13H14ClN3O2. The molecule has 0 spiro atoms. The summed E-state index contributed by atoms with van der Waals surface area (Å²) in [6.07, 6.45) is 3.79. The molecule has 1 saturated heterocycles. The van der Waals surface area contributed by atoms with Gasteiger partial charge in [0.25, 0.3) is 0 Å². The second kappa shape index (κ2) is 4.83. The van der Waals surface area contributed by atoms with E-state index in [2.05, 4.69) is 10.3 Å². The van der Waals surface area contributed by atoms with Crippen LogP contribution in [0.1, 0.15) is 34.9 Å². The highest BCUT2D eigenvalue weighted by molar-refractivity contribution is 6.32. The molecule has 19 heavy (non-hydrogen) atoms. The maximum Gasteiger partial charge on any atom is 0.335 e. The van der Waals surface area contributed by atoms with E-state index in [1.54, 1.807) is 18.3 Å². The van der Waals surface area contributed by atoms with E-state index in [4.69, 9.17) is 16.7 Å². The summed E-state index contributed by atoms with van der Waals surface area (Å²) in [7, 11) is 0. The molecule has 0 aliphatic carbocycles. The second-order valence-electron chi connectivity index (χ2n) is 4.76. The first-order chi connectivity index (χ1) is 9.16. The van der Waals surface area contributed by atoms with Crippen molar-refractivity contribution in [3.8, 4) is 0 Å². The van der Waals surface area contributed by atoms with Gasteiger partial charge in [0.15, 0.2) is 5.15 Å². The molecule has 1 fully saturated rings. The molecule has 0 unspecified atom stereocenters.